The highest BCUT2D eigenvalue weighted by atomic mass is 79.9. The molecule has 1 saturated heterocycles. The average molecular weight is 691 g/mol. The monoisotopic (exact) mass is 689 g/mol. The summed E-state index contributed by atoms with van der Waals surface area (Å²) in [5.74, 6) is -3.65. The largest absolute Gasteiger partial charge is 0.508 e. The highest BCUT2D eigenvalue weighted by molar-refractivity contribution is 9.10. The van der Waals surface area contributed by atoms with Crippen LogP contribution in [0.3, 0.4) is 0 Å². The highest BCUT2D eigenvalue weighted by Crippen LogP contribution is 2.64. The minimum atomic E-state index is -1.36. The van der Waals surface area contributed by atoms with Gasteiger partial charge in [0.25, 0.3) is 0 Å². The number of nitrogens with zero attached hydrogens (tertiary/aromatic N) is 1. The van der Waals surface area contributed by atoms with Crippen LogP contribution in [0.15, 0.2) is 101 Å². The molecule has 0 bridgehead atoms. The summed E-state index contributed by atoms with van der Waals surface area (Å²) < 4.78 is 0.729. The number of fused-ring (bicyclic) bond motifs is 4. The van der Waals surface area contributed by atoms with Gasteiger partial charge >= 0.3 is 0 Å². The van der Waals surface area contributed by atoms with Gasteiger partial charge in [0.15, 0.2) is 11.6 Å². The highest BCUT2D eigenvalue weighted by Gasteiger charge is 2.66. The van der Waals surface area contributed by atoms with Gasteiger partial charge in [0.05, 0.1) is 17.3 Å². The summed E-state index contributed by atoms with van der Waals surface area (Å²) in [5.41, 5.74) is 1.77. The first-order chi connectivity index (χ1) is 22.8. The Morgan fingerprint density at radius 2 is 1.51 bits per heavy atom. The van der Waals surface area contributed by atoms with Crippen molar-refractivity contribution in [1.82, 2.24) is 4.90 Å². The van der Waals surface area contributed by atoms with Gasteiger partial charge in [-0.2, -0.15) is 0 Å². The zero-order valence-electron chi connectivity index (χ0n) is 26.0. The van der Waals surface area contributed by atoms with Crippen molar-refractivity contribution in [2.45, 2.75) is 62.3 Å². The van der Waals surface area contributed by atoms with E-state index in [-0.39, 0.29) is 41.6 Å². The van der Waals surface area contributed by atoms with Crippen LogP contribution < -0.4 is 0 Å². The lowest BCUT2D eigenvalue weighted by Gasteiger charge is -2.55. The Morgan fingerprint density at radius 3 is 2.23 bits per heavy atom. The zero-order chi connectivity index (χ0) is 32.4. The molecule has 6 nitrogen and oxygen atoms in total. The van der Waals surface area contributed by atoms with Crippen molar-refractivity contribution in [1.29, 1.82) is 0 Å². The van der Waals surface area contributed by atoms with Crippen molar-refractivity contribution < 1.29 is 24.3 Å². The molecule has 5 aliphatic rings. The smallest absolute Gasteiger partial charge is 0.233 e. The van der Waals surface area contributed by atoms with Crippen molar-refractivity contribution >= 4 is 44.9 Å². The Kier molecular flexibility index (Phi) is 7.43. The van der Waals surface area contributed by atoms with E-state index in [1.807, 2.05) is 66.7 Å². The van der Waals surface area contributed by atoms with Crippen molar-refractivity contribution in [3.05, 3.63) is 118 Å². The Labute approximate surface area is 282 Å². The lowest BCUT2D eigenvalue weighted by atomic mass is 9.44. The summed E-state index contributed by atoms with van der Waals surface area (Å²) in [7, 11) is 0. The third-order valence-corrected chi connectivity index (χ3v) is 12.1. The molecule has 8 rings (SSSR count). The van der Waals surface area contributed by atoms with Crippen LogP contribution >= 0.6 is 15.9 Å². The molecular weight excluding hydrogens is 654 g/mol. The Morgan fingerprint density at radius 1 is 0.809 bits per heavy atom. The molecule has 1 N–H and O–H groups in total. The van der Waals surface area contributed by atoms with Crippen LogP contribution in [0.1, 0.15) is 67.6 Å². The van der Waals surface area contributed by atoms with E-state index >= 15 is 4.79 Å². The number of aromatic hydroxyl groups is 1. The number of halogens is 1. The molecule has 0 radical (unpaired) electrons. The van der Waals surface area contributed by atoms with Gasteiger partial charge < -0.3 is 5.11 Å². The molecule has 0 unspecified atom stereocenters. The maximum absolute atomic E-state index is 15.1. The summed E-state index contributed by atoms with van der Waals surface area (Å²) in [5, 5.41) is 11.5. The second-order valence-corrected chi connectivity index (χ2v) is 14.7. The third kappa shape index (κ3) is 4.49. The van der Waals surface area contributed by atoms with Crippen LogP contribution in [0.4, 0.5) is 0 Å². The summed E-state index contributed by atoms with van der Waals surface area (Å²) in [6, 6.07) is 23.8. The number of imide groups is 1. The number of carbonyl (C=O) groups excluding carboxylic acids is 4. The number of benzene rings is 3. The van der Waals surface area contributed by atoms with Gasteiger partial charge in [-0.3, -0.25) is 24.1 Å². The summed E-state index contributed by atoms with van der Waals surface area (Å²) in [6.45, 7) is 0. The first-order valence-electron chi connectivity index (χ1n) is 16.8. The van der Waals surface area contributed by atoms with E-state index in [0.29, 0.717) is 28.7 Å². The SMILES string of the molecule is O=C1C(c2ccccc2)=CC(=O)[C@@]2(c3ccccc3)[C@@H](c3cc(Br)ccc3O)C3=CC[C@@H]4C(=O)N(C5CCCCC5)C(=O)[C@@H]4[C@@H]3C[C@@H]12. The number of ketones is 2. The number of hydrogen-bond acceptors (Lipinski definition) is 5. The molecule has 7 heteroatoms. The molecule has 0 spiro atoms. The number of amides is 2. The molecule has 238 valence electrons. The molecule has 6 atom stereocenters. The zero-order valence-corrected chi connectivity index (χ0v) is 27.6. The van der Waals surface area contributed by atoms with Gasteiger partial charge in [-0.1, -0.05) is 108 Å². The second-order valence-electron chi connectivity index (χ2n) is 13.8. The molecule has 1 aliphatic heterocycles. The maximum atomic E-state index is 15.1. The van der Waals surface area contributed by atoms with Crippen LogP contribution in [-0.2, 0) is 24.6 Å². The molecule has 3 aromatic rings. The first-order valence-corrected chi connectivity index (χ1v) is 17.6. The van der Waals surface area contributed by atoms with E-state index in [1.54, 1.807) is 17.0 Å². The minimum Gasteiger partial charge on any atom is -0.508 e. The summed E-state index contributed by atoms with van der Waals surface area (Å²) >= 11 is 3.59. The van der Waals surface area contributed by atoms with E-state index < -0.39 is 35.0 Å². The summed E-state index contributed by atoms with van der Waals surface area (Å²) in [4.78, 5) is 60.1. The summed E-state index contributed by atoms with van der Waals surface area (Å²) in [6.07, 6.45) is 8.98. The standard InChI is InChI=1S/C40H36BrNO5/c41-25-16-19-33(43)31(20-25)36-27-17-18-28-35(39(47)42(38(28)46)26-14-8-3-9-15-26)30(27)21-32-37(45)29(23-10-4-1-5-11-23)22-34(44)40(32,36)24-12-6-2-7-13-24/h1-2,4-7,10-13,16-17,19-20,22,26,28,30,32,35-36,43H,3,8-9,14-15,18,21H2/t28-,30+,32-,35-,36+,40-/m0/s1. The fourth-order valence-corrected chi connectivity index (χ4v) is 10.1. The number of phenols is 1. The van der Waals surface area contributed by atoms with Gasteiger partial charge in [-0.05, 0) is 67.0 Å². The minimum absolute atomic E-state index is 0.0201. The quantitative estimate of drug-likeness (QED) is 0.229. The fourth-order valence-electron chi connectivity index (χ4n) is 9.70. The van der Waals surface area contributed by atoms with E-state index in [1.165, 1.54) is 6.08 Å². The molecule has 2 saturated carbocycles. The number of Topliss-reactive ketones (excluding diaryl/α,β-unsaturated/α-hetero) is 1. The van der Waals surface area contributed by atoms with Gasteiger partial charge in [0.1, 0.15) is 5.75 Å². The lowest BCUT2D eigenvalue weighted by molar-refractivity contribution is -0.144. The molecule has 1 heterocycles. The van der Waals surface area contributed by atoms with Crippen LogP contribution in [0, 0.1) is 23.7 Å². The van der Waals surface area contributed by atoms with Crippen molar-refractivity contribution in [3.63, 3.8) is 0 Å². The lowest BCUT2D eigenvalue weighted by Crippen LogP contribution is -2.58. The fraction of sp³-hybridized carbons (Fsp3) is 0.350. The van der Waals surface area contributed by atoms with Crippen LogP contribution in [0.25, 0.3) is 5.57 Å². The molecular formula is C40H36BrNO5. The molecule has 2 amide bonds. The molecule has 4 aliphatic carbocycles. The number of allylic oxidation sites excluding steroid dienone is 4. The van der Waals surface area contributed by atoms with Gasteiger partial charge in [0.2, 0.25) is 11.8 Å². The predicted molar refractivity (Wildman–Crippen MR) is 181 cm³/mol. The topological polar surface area (TPSA) is 91.8 Å². The molecule has 0 aromatic heterocycles. The molecule has 3 fully saturated rings. The molecule has 3 aromatic carbocycles. The molecule has 47 heavy (non-hydrogen) atoms. The normalized spacial score (nSPS) is 30.7. The van der Waals surface area contributed by atoms with Gasteiger partial charge in [0, 0.05) is 33.5 Å². The Hall–Kier alpha value is -4.10. The van der Waals surface area contributed by atoms with E-state index in [4.69, 9.17) is 0 Å². The van der Waals surface area contributed by atoms with E-state index in [9.17, 15) is 19.5 Å². The number of hydrogen-bond donors (Lipinski definition) is 1. The number of rotatable bonds is 4. The van der Waals surface area contributed by atoms with Crippen LogP contribution in [0.2, 0.25) is 0 Å². The first kappa shape index (κ1) is 30.2. The van der Waals surface area contributed by atoms with Crippen molar-refractivity contribution in [3.8, 4) is 5.75 Å². The third-order valence-electron chi connectivity index (χ3n) is 11.6. The maximum Gasteiger partial charge on any atom is 0.233 e. The Balaban J connectivity index is 1.36. The van der Waals surface area contributed by atoms with Gasteiger partial charge in [-0.15, -0.1) is 0 Å². The van der Waals surface area contributed by atoms with Crippen molar-refractivity contribution in [2.75, 3.05) is 0 Å². The Bertz CT molecular complexity index is 1860. The van der Waals surface area contributed by atoms with Gasteiger partial charge in [-0.25, -0.2) is 0 Å². The van der Waals surface area contributed by atoms with E-state index in [0.717, 1.165) is 42.1 Å². The number of carbonyl (C=O) groups is 4. The number of phenolic OH excluding ortho intramolecular Hbond substituents is 1. The predicted octanol–water partition coefficient (Wildman–Crippen LogP) is 7.31. The van der Waals surface area contributed by atoms with Crippen LogP contribution in [0.5, 0.6) is 5.75 Å². The van der Waals surface area contributed by atoms with E-state index in [2.05, 4.69) is 22.0 Å². The van der Waals surface area contributed by atoms with Crippen LogP contribution in [-0.4, -0.2) is 39.4 Å². The average Bonchev–Trinajstić information content (AvgIpc) is 3.36. The number of likely N-dealkylation sites (tertiary alicyclic amines) is 1. The van der Waals surface area contributed by atoms with Crippen molar-refractivity contribution in [2.24, 2.45) is 23.7 Å². The second kappa shape index (κ2) is 11.6.